The van der Waals surface area contributed by atoms with Gasteiger partial charge in [-0.1, -0.05) is 87.7 Å². The summed E-state index contributed by atoms with van der Waals surface area (Å²) in [4.78, 5) is 0. The molecule has 0 aliphatic heterocycles. The normalized spacial score (nSPS) is 12.5. The van der Waals surface area contributed by atoms with Crippen LogP contribution in [0.1, 0.15) is 71.4 Å². The highest BCUT2D eigenvalue weighted by Gasteiger charge is 2.32. The van der Waals surface area contributed by atoms with Gasteiger partial charge in [-0.05, 0) is 70.2 Å². The van der Waals surface area contributed by atoms with E-state index in [2.05, 4.69) is 74.8 Å². The van der Waals surface area contributed by atoms with Crippen LogP contribution in [0.3, 0.4) is 0 Å². The minimum absolute atomic E-state index is 0.0139. The number of hydrogen-bond acceptors (Lipinski definition) is 2. The molecule has 0 fully saturated rings. The predicted octanol–water partition coefficient (Wildman–Crippen LogP) is 8.06. The van der Waals surface area contributed by atoms with E-state index in [-0.39, 0.29) is 11.2 Å². The highest BCUT2D eigenvalue weighted by Crippen LogP contribution is 2.46. The van der Waals surface area contributed by atoms with Crippen LogP contribution in [0, 0.1) is 0 Å². The maximum Gasteiger partial charge on any atom is 0.123 e. The molecule has 3 rings (SSSR count). The summed E-state index contributed by atoms with van der Waals surface area (Å²) in [7, 11) is 0. The van der Waals surface area contributed by atoms with E-state index in [1.165, 1.54) is 5.56 Å². The molecule has 0 atom stereocenters. The van der Waals surface area contributed by atoms with Crippen molar-refractivity contribution in [2.24, 2.45) is 0 Å². The first-order valence-corrected chi connectivity index (χ1v) is 11.7. The molecule has 0 aliphatic carbocycles. The van der Waals surface area contributed by atoms with E-state index in [4.69, 9.17) is 0 Å². The average molecular weight is 469 g/mol. The molecule has 0 unspecified atom stereocenters. The number of halogens is 1. The summed E-state index contributed by atoms with van der Waals surface area (Å²) in [5, 5.41) is 24.5. The van der Waals surface area contributed by atoms with Gasteiger partial charge in [0.1, 0.15) is 5.75 Å². The smallest absolute Gasteiger partial charge is 0.123 e. The fraction of sp³-hybridized carbons (Fsp3) is 0.407. The summed E-state index contributed by atoms with van der Waals surface area (Å²) in [5.74, 6) is 0.229. The maximum atomic E-state index is 11.8. The van der Waals surface area contributed by atoms with Crippen LogP contribution in [0.4, 0.5) is 0 Å². The van der Waals surface area contributed by atoms with E-state index >= 15 is 0 Å². The number of phenols is 1. The van der Waals surface area contributed by atoms with Crippen molar-refractivity contribution in [1.29, 1.82) is 0 Å². The Morgan fingerprint density at radius 2 is 1.43 bits per heavy atom. The van der Waals surface area contributed by atoms with E-state index in [1.807, 2.05) is 18.2 Å². The zero-order chi connectivity index (χ0) is 22.1. The summed E-state index contributed by atoms with van der Waals surface area (Å²) >= 11 is 3.54. The molecule has 0 radical (unpaired) electrons. The van der Waals surface area contributed by atoms with Gasteiger partial charge in [-0.25, -0.2) is 0 Å². The minimum Gasteiger partial charge on any atom is -0.507 e. The lowest BCUT2D eigenvalue weighted by Gasteiger charge is -2.32. The van der Waals surface area contributed by atoms with Gasteiger partial charge in [0.05, 0.1) is 5.60 Å². The molecular weight excluding hydrogens is 436 g/mol. The van der Waals surface area contributed by atoms with E-state index in [0.717, 1.165) is 44.8 Å². The standard InChI is InChI=1S/C27H33BrO2/c1-6-14-27(30,15-7-2)23-17-24(29)21-13-10-19(26(3,4)5)16-22(21)25(23)18-8-11-20(28)12-9-18/h8-13,16-17,29-30H,6-7,14-15H2,1-5H3. The second-order valence-electron chi connectivity index (χ2n) is 9.37. The first kappa shape index (κ1) is 22.8. The number of benzene rings is 3. The van der Waals surface area contributed by atoms with Crippen LogP contribution >= 0.6 is 15.9 Å². The summed E-state index contributed by atoms with van der Waals surface area (Å²) < 4.78 is 1.02. The SMILES string of the molecule is CCCC(O)(CCC)c1cc(O)c2ccc(C(C)(C)C)cc2c1-c1ccc(Br)cc1. The second-order valence-corrected chi connectivity index (χ2v) is 10.3. The first-order valence-electron chi connectivity index (χ1n) is 10.9. The molecule has 3 heteroatoms. The Bertz CT molecular complexity index is 1020. The Morgan fingerprint density at radius 3 is 1.97 bits per heavy atom. The molecule has 0 saturated heterocycles. The molecule has 0 amide bonds. The van der Waals surface area contributed by atoms with Crippen molar-refractivity contribution in [2.45, 2.75) is 71.3 Å². The Kier molecular flexibility index (Phi) is 6.64. The number of phenolic OH excluding ortho intramolecular Hbond substituents is 1. The average Bonchev–Trinajstić information content (AvgIpc) is 2.68. The van der Waals surface area contributed by atoms with Crippen LogP contribution in [0.5, 0.6) is 5.75 Å². The number of rotatable bonds is 6. The topological polar surface area (TPSA) is 40.5 Å². The highest BCUT2D eigenvalue weighted by molar-refractivity contribution is 9.10. The van der Waals surface area contributed by atoms with Gasteiger partial charge < -0.3 is 10.2 Å². The van der Waals surface area contributed by atoms with Crippen LogP contribution < -0.4 is 0 Å². The van der Waals surface area contributed by atoms with Crippen molar-refractivity contribution in [3.8, 4) is 16.9 Å². The maximum absolute atomic E-state index is 11.8. The molecule has 0 aromatic heterocycles. The first-order chi connectivity index (χ1) is 14.1. The fourth-order valence-electron chi connectivity index (χ4n) is 4.39. The zero-order valence-corrected chi connectivity index (χ0v) is 20.3. The highest BCUT2D eigenvalue weighted by atomic mass is 79.9. The van der Waals surface area contributed by atoms with Gasteiger partial charge in [0, 0.05) is 9.86 Å². The molecule has 0 heterocycles. The summed E-state index contributed by atoms with van der Waals surface area (Å²) in [5.41, 5.74) is 3.11. The molecule has 0 saturated carbocycles. The number of fused-ring (bicyclic) bond motifs is 1. The lowest BCUT2D eigenvalue weighted by Crippen LogP contribution is -2.26. The van der Waals surface area contributed by atoms with Gasteiger partial charge >= 0.3 is 0 Å². The van der Waals surface area contributed by atoms with E-state index in [1.54, 1.807) is 6.07 Å². The van der Waals surface area contributed by atoms with Gasteiger partial charge in [0.15, 0.2) is 0 Å². The Morgan fingerprint density at radius 1 is 0.833 bits per heavy atom. The lowest BCUT2D eigenvalue weighted by atomic mass is 9.78. The molecule has 0 bridgehead atoms. The zero-order valence-electron chi connectivity index (χ0n) is 18.7. The van der Waals surface area contributed by atoms with Crippen LogP contribution in [0.2, 0.25) is 0 Å². The van der Waals surface area contributed by atoms with E-state index in [0.29, 0.717) is 12.8 Å². The second kappa shape index (κ2) is 8.72. The van der Waals surface area contributed by atoms with Gasteiger partial charge in [0.25, 0.3) is 0 Å². The Hall–Kier alpha value is -1.84. The minimum atomic E-state index is -0.977. The van der Waals surface area contributed by atoms with E-state index < -0.39 is 5.60 Å². The lowest BCUT2D eigenvalue weighted by molar-refractivity contribution is 0.0174. The molecule has 30 heavy (non-hydrogen) atoms. The molecule has 0 aliphatic rings. The molecular formula is C27H33BrO2. The van der Waals surface area contributed by atoms with Gasteiger partial charge in [0.2, 0.25) is 0 Å². The van der Waals surface area contributed by atoms with E-state index in [9.17, 15) is 10.2 Å². The molecule has 2 N–H and O–H groups in total. The summed E-state index contributed by atoms with van der Waals surface area (Å²) in [6.07, 6.45) is 3.07. The molecule has 0 spiro atoms. The van der Waals surface area contributed by atoms with Crippen molar-refractivity contribution in [1.82, 2.24) is 0 Å². The number of aliphatic hydroxyl groups is 1. The Labute approximate surface area is 189 Å². The van der Waals surface area contributed by atoms with Gasteiger partial charge in [-0.3, -0.25) is 0 Å². The van der Waals surface area contributed by atoms with Crippen LogP contribution in [-0.2, 0) is 11.0 Å². The summed E-state index contributed by atoms with van der Waals surface area (Å²) in [6, 6.07) is 16.3. The monoisotopic (exact) mass is 468 g/mol. The van der Waals surface area contributed by atoms with Gasteiger partial charge in [-0.15, -0.1) is 0 Å². The number of aromatic hydroxyl groups is 1. The number of hydrogen-bond donors (Lipinski definition) is 2. The van der Waals surface area contributed by atoms with Crippen LogP contribution in [-0.4, -0.2) is 10.2 Å². The third kappa shape index (κ3) is 4.43. The molecule has 3 aromatic rings. The molecule has 3 aromatic carbocycles. The molecule has 160 valence electrons. The van der Waals surface area contributed by atoms with Crippen molar-refractivity contribution < 1.29 is 10.2 Å². The largest absolute Gasteiger partial charge is 0.507 e. The van der Waals surface area contributed by atoms with Crippen LogP contribution in [0.25, 0.3) is 21.9 Å². The Balaban J connectivity index is 2.45. The van der Waals surface area contributed by atoms with Crippen LogP contribution in [0.15, 0.2) is 53.0 Å². The fourth-order valence-corrected chi connectivity index (χ4v) is 4.65. The van der Waals surface area contributed by atoms with Crippen molar-refractivity contribution in [3.05, 3.63) is 64.1 Å². The van der Waals surface area contributed by atoms with Crippen molar-refractivity contribution in [2.75, 3.05) is 0 Å². The summed E-state index contributed by atoms with van der Waals surface area (Å²) in [6.45, 7) is 10.8. The van der Waals surface area contributed by atoms with Crippen molar-refractivity contribution in [3.63, 3.8) is 0 Å². The van der Waals surface area contributed by atoms with Crippen molar-refractivity contribution >= 4 is 26.7 Å². The quantitative estimate of drug-likeness (QED) is 0.383. The molecule has 2 nitrogen and oxygen atoms in total. The van der Waals surface area contributed by atoms with Gasteiger partial charge in [-0.2, -0.15) is 0 Å². The predicted molar refractivity (Wildman–Crippen MR) is 131 cm³/mol. The third-order valence-corrected chi connectivity index (χ3v) is 6.47. The third-order valence-electron chi connectivity index (χ3n) is 5.94.